The minimum absolute atomic E-state index is 0.135. The molecule has 0 rings (SSSR count). The molecule has 0 aliphatic heterocycles. The molecule has 0 amide bonds. The predicted molar refractivity (Wildman–Crippen MR) is 62.6 cm³/mol. The molecule has 0 aliphatic carbocycles. The van der Waals surface area contributed by atoms with Gasteiger partial charge >= 0.3 is 13.6 Å². The third-order valence-electron chi connectivity index (χ3n) is 1.59. The van der Waals surface area contributed by atoms with Crippen molar-refractivity contribution in [2.75, 3.05) is 27.4 Å². The van der Waals surface area contributed by atoms with E-state index in [9.17, 15) is 9.36 Å². The molecule has 0 aromatic heterocycles. The Balaban J connectivity index is 3.83. The van der Waals surface area contributed by atoms with E-state index in [4.69, 9.17) is 13.8 Å². The molecule has 0 aliphatic rings. The summed E-state index contributed by atoms with van der Waals surface area (Å²) in [5.74, 6) is -0.399. The largest absolute Gasteiger partial charge is 0.438 e. The standard InChI is InChI=1S/C10H21O6P/c1-10(2,3)6-9(11)14-8-16-17(5,12)15-7-13-4/h6-8H2,1-5H3. The first-order valence-corrected chi connectivity index (χ1v) is 7.16. The maximum absolute atomic E-state index is 11.5. The van der Waals surface area contributed by atoms with Crippen molar-refractivity contribution in [1.29, 1.82) is 0 Å². The van der Waals surface area contributed by atoms with Crippen molar-refractivity contribution in [2.24, 2.45) is 5.41 Å². The van der Waals surface area contributed by atoms with Crippen LogP contribution < -0.4 is 0 Å². The van der Waals surface area contributed by atoms with Crippen molar-refractivity contribution in [2.45, 2.75) is 27.2 Å². The van der Waals surface area contributed by atoms with Gasteiger partial charge in [-0.1, -0.05) is 20.8 Å². The van der Waals surface area contributed by atoms with Gasteiger partial charge in [-0.3, -0.25) is 18.4 Å². The van der Waals surface area contributed by atoms with Crippen LogP contribution in [0, 0.1) is 5.41 Å². The molecule has 0 heterocycles. The van der Waals surface area contributed by atoms with Crippen molar-refractivity contribution in [3.05, 3.63) is 0 Å². The molecule has 0 radical (unpaired) electrons. The molecule has 102 valence electrons. The molecular formula is C10H21O6P. The summed E-state index contributed by atoms with van der Waals surface area (Å²) in [5, 5.41) is 0. The van der Waals surface area contributed by atoms with E-state index in [1.54, 1.807) is 0 Å². The zero-order chi connectivity index (χ0) is 13.5. The second kappa shape index (κ2) is 7.11. The lowest BCUT2D eigenvalue weighted by Gasteiger charge is -2.17. The van der Waals surface area contributed by atoms with E-state index in [0.29, 0.717) is 0 Å². The van der Waals surface area contributed by atoms with Gasteiger partial charge in [-0.05, 0) is 5.41 Å². The van der Waals surface area contributed by atoms with Crippen LogP contribution in [0.25, 0.3) is 0 Å². The van der Waals surface area contributed by atoms with Crippen molar-refractivity contribution in [3.63, 3.8) is 0 Å². The summed E-state index contributed by atoms with van der Waals surface area (Å²) >= 11 is 0. The van der Waals surface area contributed by atoms with Gasteiger partial charge in [-0.2, -0.15) is 0 Å². The van der Waals surface area contributed by atoms with Crippen LogP contribution in [0.5, 0.6) is 0 Å². The lowest BCUT2D eigenvalue weighted by Crippen LogP contribution is -2.16. The minimum atomic E-state index is -3.22. The van der Waals surface area contributed by atoms with E-state index < -0.39 is 13.6 Å². The number of carbonyl (C=O) groups excluding carboxylic acids is 1. The zero-order valence-corrected chi connectivity index (χ0v) is 11.9. The minimum Gasteiger partial charge on any atom is -0.438 e. The summed E-state index contributed by atoms with van der Waals surface area (Å²) in [5.41, 5.74) is -0.153. The third kappa shape index (κ3) is 10.5. The van der Waals surface area contributed by atoms with Gasteiger partial charge in [-0.15, -0.1) is 0 Å². The quantitative estimate of drug-likeness (QED) is 0.401. The van der Waals surface area contributed by atoms with E-state index in [0.717, 1.165) is 0 Å². The Bertz CT molecular complexity index is 283. The van der Waals surface area contributed by atoms with Gasteiger partial charge in [0.25, 0.3) is 0 Å². The van der Waals surface area contributed by atoms with Crippen LogP contribution in [-0.2, 0) is 27.9 Å². The van der Waals surface area contributed by atoms with Gasteiger partial charge < -0.3 is 9.47 Å². The molecule has 1 atom stereocenters. The fraction of sp³-hybridized carbons (Fsp3) is 0.900. The summed E-state index contributed by atoms with van der Waals surface area (Å²) in [7, 11) is -1.81. The first-order chi connectivity index (χ1) is 7.66. The van der Waals surface area contributed by atoms with E-state index >= 15 is 0 Å². The molecule has 1 unspecified atom stereocenters. The maximum Gasteiger partial charge on any atom is 0.332 e. The molecular weight excluding hydrogens is 247 g/mol. The number of hydrogen-bond acceptors (Lipinski definition) is 6. The van der Waals surface area contributed by atoms with Gasteiger partial charge in [0, 0.05) is 13.8 Å². The van der Waals surface area contributed by atoms with Crippen LogP contribution in [0.2, 0.25) is 0 Å². The highest BCUT2D eigenvalue weighted by molar-refractivity contribution is 7.52. The molecule has 0 fully saturated rings. The van der Waals surface area contributed by atoms with Gasteiger partial charge in [0.15, 0.2) is 6.79 Å². The smallest absolute Gasteiger partial charge is 0.332 e. The lowest BCUT2D eigenvalue weighted by atomic mass is 9.93. The number of hydrogen-bond donors (Lipinski definition) is 0. The van der Waals surface area contributed by atoms with Crippen molar-refractivity contribution < 1.29 is 27.9 Å². The zero-order valence-electron chi connectivity index (χ0n) is 11.0. The van der Waals surface area contributed by atoms with Crippen LogP contribution in [0.4, 0.5) is 0 Å². The fourth-order valence-corrected chi connectivity index (χ4v) is 1.47. The molecule has 0 saturated heterocycles. The first kappa shape index (κ1) is 16.6. The van der Waals surface area contributed by atoms with Crippen LogP contribution in [0.15, 0.2) is 0 Å². The van der Waals surface area contributed by atoms with E-state index in [1.165, 1.54) is 13.8 Å². The molecule has 7 heteroatoms. The second-order valence-electron chi connectivity index (χ2n) is 4.81. The number of carbonyl (C=O) groups is 1. The molecule has 17 heavy (non-hydrogen) atoms. The van der Waals surface area contributed by atoms with Crippen molar-refractivity contribution in [1.82, 2.24) is 0 Å². The molecule has 0 aromatic carbocycles. The van der Waals surface area contributed by atoms with Crippen LogP contribution in [0.1, 0.15) is 27.2 Å². The molecule has 0 aromatic rings. The summed E-state index contributed by atoms with van der Waals surface area (Å²) in [6, 6.07) is 0. The summed E-state index contributed by atoms with van der Waals surface area (Å²) < 4.78 is 30.5. The number of ether oxygens (including phenoxy) is 2. The van der Waals surface area contributed by atoms with Crippen LogP contribution in [-0.4, -0.2) is 33.3 Å². The van der Waals surface area contributed by atoms with Crippen LogP contribution in [0.3, 0.4) is 0 Å². The van der Waals surface area contributed by atoms with E-state index in [-0.39, 0.29) is 25.4 Å². The highest BCUT2D eigenvalue weighted by Crippen LogP contribution is 2.43. The average Bonchev–Trinajstić information content (AvgIpc) is 2.11. The van der Waals surface area contributed by atoms with Crippen LogP contribution >= 0.6 is 7.60 Å². The average molecular weight is 268 g/mol. The highest BCUT2D eigenvalue weighted by atomic mass is 31.2. The Morgan fingerprint density at radius 1 is 1.18 bits per heavy atom. The van der Waals surface area contributed by atoms with Crippen molar-refractivity contribution in [3.8, 4) is 0 Å². The Labute approximate surface area is 102 Å². The number of esters is 1. The highest BCUT2D eigenvalue weighted by Gasteiger charge is 2.20. The monoisotopic (exact) mass is 268 g/mol. The summed E-state index contributed by atoms with van der Waals surface area (Å²) in [4.78, 5) is 11.3. The van der Waals surface area contributed by atoms with Gasteiger partial charge in [0.05, 0.1) is 6.42 Å². The Morgan fingerprint density at radius 2 is 1.71 bits per heavy atom. The molecule has 0 bridgehead atoms. The van der Waals surface area contributed by atoms with E-state index in [2.05, 4.69) is 4.74 Å². The third-order valence-corrected chi connectivity index (χ3v) is 2.74. The fourth-order valence-electron chi connectivity index (χ4n) is 0.858. The Hall–Kier alpha value is -0.420. The Kier molecular flexibility index (Phi) is 6.94. The topological polar surface area (TPSA) is 71.1 Å². The molecule has 0 spiro atoms. The molecule has 0 saturated carbocycles. The van der Waals surface area contributed by atoms with Gasteiger partial charge in [0.2, 0.25) is 6.79 Å². The predicted octanol–water partition coefficient (Wildman–Crippen LogP) is 2.38. The van der Waals surface area contributed by atoms with E-state index in [1.807, 2.05) is 20.8 Å². The summed E-state index contributed by atoms with van der Waals surface area (Å²) in [6.07, 6.45) is 0.267. The van der Waals surface area contributed by atoms with Gasteiger partial charge in [0.1, 0.15) is 0 Å². The summed E-state index contributed by atoms with van der Waals surface area (Å²) in [6.45, 7) is 6.52. The number of methoxy groups -OCH3 is 1. The second-order valence-corrected chi connectivity index (χ2v) is 6.87. The number of rotatable bonds is 7. The maximum atomic E-state index is 11.5. The Morgan fingerprint density at radius 3 is 2.18 bits per heavy atom. The molecule has 6 nitrogen and oxygen atoms in total. The van der Waals surface area contributed by atoms with Crippen molar-refractivity contribution >= 4 is 13.6 Å². The SMILES string of the molecule is COCOP(C)(=O)OCOC(=O)CC(C)(C)C. The van der Waals surface area contributed by atoms with Gasteiger partial charge in [-0.25, -0.2) is 0 Å². The molecule has 0 N–H and O–H groups in total. The lowest BCUT2D eigenvalue weighted by molar-refractivity contribution is -0.152. The normalized spacial score (nSPS) is 15.4. The first-order valence-electron chi connectivity index (χ1n) is 5.17.